The molecule has 0 heterocycles. The lowest BCUT2D eigenvalue weighted by Gasteiger charge is -2.24. The summed E-state index contributed by atoms with van der Waals surface area (Å²) in [6.07, 6.45) is 1.00. The van der Waals surface area contributed by atoms with Gasteiger partial charge in [0.1, 0.15) is 6.54 Å². The molecule has 0 spiro atoms. The van der Waals surface area contributed by atoms with E-state index in [9.17, 15) is 21.6 Å². The van der Waals surface area contributed by atoms with Gasteiger partial charge in [0.15, 0.2) is 0 Å². The normalized spacial score (nSPS) is 11.6. The Kier molecular flexibility index (Phi) is 7.54. The largest absolute Gasteiger partial charge is 0.325 e. The molecule has 3 rings (SSSR count). The predicted molar refractivity (Wildman–Crippen MR) is 135 cm³/mol. The molecule has 0 aliphatic heterocycles. The number of sulfonamides is 2. The smallest absolute Gasteiger partial charge is 0.261 e. The average molecular weight is 522 g/mol. The first kappa shape index (κ1) is 25.5. The molecule has 3 aromatic carbocycles. The zero-order valence-electron chi connectivity index (χ0n) is 18.7. The number of hydrogen-bond donors (Lipinski definition) is 2. The van der Waals surface area contributed by atoms with E-state index in [2.05, 4.69) is 10.0 Å². The van der Waals surface area contributed by atoms with Gasteiger partial charge in [0.05, 0.1) is 16.8 Å². The van der Waals surface area contributed by atoms with Crippen LogP contribution in [0.15, 0.2) is 71.6 Å². The summed E-state index contributed by atoms with van der Waals surface area (Å²) in [4.78, 5) is 12.6. The van der Waals surface area contributed by atoms with E-state index in [1.807, 2.05) is 13.0 Å². The van der Waals surface area contributed by atoms with Gasteiger partial charge in [0.25, 0.3) is 10.0 Å². The third kappa shape index (κ3) is 6.28. The highest BCUT2D eigenvalue weighted by atomic mass is 35.5. The van der Waals surface area contributed by atoms with Crippen LogP contribution in [0.4, 0.5) is 17.1 Å². The van der Waals surface area contributed by atoms with Crippen molar-refractivity contribution in [3.63, 3.8) is 0 Å². The zero-order valence-corrected chi connectivity index (χ0v) is 21.1. The lowest BCUT2D eigenvalue weighted by molar-refractivity contribution is -0.114. The topological polar surface area (TPSA) is 113 Å². The number of nitrogens with one attached hydrogen (secondary N) is 2. The second-order valence-electron chi connectivity index (χ2n) is 7.70. The van der Waals surface area contributed by atoms with Gasteiger partial charge in [-0.25, -0.2) is 16.8 Å². The molecule has 180 valence electrons. The van der Waals surface area contributed by atoms with Crippen LogP contribution in [0.3, 0.4) is 0 Å². The molecule has 0 saturated carbocycles. The van der Waals surface area contributed by atoms with E-state index in [1.54, 1.807) is 43.3 Å². The Hall–Kier alpha value is -3.08. The van der Waals surface area contributed by atoms with Gasteiger partial charge in [0, 0.05) is 16.4 Å². The van der Waals surface area contributed by atoms with Crippen molar-refractivity contribution < 1.29 is 21.6 Å². The van der Waals surface area contributed by atoms with Crippen LogP contribution in [-0.2, 0) is 24.8 Å². The van der Waals surface area contributed by atoms with Crippen LogP contribution in [0.25, 0.3) is 0 Å². The maximum Gasteiger partial charge on any atom is 0.261 e. The maximum atomic E-state index is 12.6. The first-order valence-corrected chi connectivity index (χ1v) is 13.8. The number of carbonyl (C=O) groups is 1. The first-order valence-electron chi connectivity index (χ1n) is 10.1. The summed E-state index contributed by atoms with van der Waals surface area (Å²) in [6.45, 7) is 3.04. The predicted octanol–water partition coefficient (Wildman–Crippen LogP) is 4.16. The van der Waals surface area contributed by atoms with Crippen LogP contribution >= 0.6 is 11.6 Å². The molecule has 0 radical (unpaired) electrons. The minimum Gasteiger partial charge on any atom is -0.325 e. The molecule has 3 aromatic rings. The molecule has 8 nitrogen and oxygen atoms in total. The standard InChI is InChI=1S/C23H24ClN3O5S2/c1-16-6-4-7-19(14-16)26-34(31,32)20-12-10-18(11-13-20)25-23(28)15-27(33(3,29)30)22-9-5-8-21(24)17(22)2/h4-14,26H,15H2,1-3H3,(H,25,28). The van der Waals surface area contributed by atoms with Crippen molar-refractivity contribution in [2.75, 3.05) is 27.1 Å². The summed E-state index contributed by atoms with van der Waals surface area (Å²) < 4.78 is 53.4. The third-order valence-corrected chi connectivity index (χ3v) is 7.85. The molecule has 0 fully saturated rings. The molecule has 0 atom stereocenters. The molecule has 0 bridgehead atoms. The van der Waals surface area contributed by atoms with Crippen LogP contribution < -0.4 is 14.3 Å². The number of amides is 1. The molecule has 0 aromatic heterocycles. The van der Waals surface area contributed by atoms with E-state index < -0.39 is 32.5 Å². The minimum atomic E-state index is -3.82. The summed E-state index contributed by atoms with van der Waals surface area (Å²) >= 11 is 6.11. The number of nitrogens with zero attached hydrogens (tertiary/aromatic N) is 1. The van der Waals surface area contributed by atoms with Gasteiger partial charge in [-0.15, -0.1) is 0 Å². The van der Waals surface area contributed by atoms with Gasteiger partial charge in [-0.1, -0.05) is 29.8 Å². The van der Waals surface area contributed by atoms with Crippen molar-refractivity contribution in [1.29, 1.82) is 0 Å². The molecular weight excluding hydrogens is 498 g/mol. The molecular formula is C23H24ClN3O5S2. The quantitative estimate of drug-likeness (QED) is 0.462. The van der Waals surface area contributed by atoms with Crippen LogP contribution in [0.5, 0.6) is 0 Å². The number of benzene rings is 3. The fourth-order valence-corrected chi connectivity index (χ4v) is 5.34. The van der Waals surface area contributed by atoms with E-state index in [1.165, 1.54) is 24.3 Å². The fourth-order valence-electron chi connectivity index (χ4n) is 3.22. The lowest BCUT2D eigenvalue weighted by atomic mass is 10.2. The molecule has 34 heavy (non-hydrogen) atoms. The highest BCUT2D eigenvalue weighted by Crippen LogP contribution is 2.28. The molecule has 0 unspecified atom stereocenters. The summed E-state index contributed by atoms with van der Waals surface area (Å²) in [6, 6.07) is 17.3. The van der Waals surface area contributed by atoms with Crippen LogP contribution in [0.2, 0.25) is 5.02 Å². The molecule has 1 amide bonds. The average Bonchev–Trinajstić information content (AvgIpc) is 2.73. The van der Waals surface area contributed by atoms with Gasteiger partial charge >= 0.3 is 0 Å². The molecule has 11 heteroatoms. The van der Waals surface area contributed by atoms with E-state index in [-0.39, 0.29) is 4.90 Å². The minimum absolute atomic E-state index is 0.0133. The van der Waals surface area contributed by atoms with E-state index in [0.29, 0.717) is 27.6 Å². The van der Waals surface area contributed by atoms with Crippen molar-refractivity contribution in [2.24, 2.45) is 0 Å². The van der Waals surface area contributed by atoms with Crippen LogP contribution in [0.1, 0.15) is 11.1 Å². The van der Waals surface area contributed by atoms with Crippen molar-refractivity contribution in [2.45, 2.75) is 18.7 Å². The number of hydrogen-bond acceptors (Lipinski definition) is 5. The first-order chi connectivity index (χ1) is 15.9. The Morgan fingerprint density at radius 3 is 2.18 bits per heavy atom. The van der Waals surface area contributed by atoms with Gasteiger partial charge in [-0.05, 0) is 73.5 Å². The Balaban J connectivity index is 1.74. The summed E-state index contributed by atoms with van der Waals surface area (Å²) in [5, 5.41) is 2.97. The second-order valence-corrected chi connectivity index (χ2v) is 11.7. The van der Waals surface area contributed by atoms with Crippen molar-refractivity contribution in [1.82, 2.24) is 0 Å². The Morgan fingerprint density at radius 1 is 0.912 bits per heavy atom. The van der Waals surface area contributed by atoms with Crippen molar-refractivity contribution >= 4 is 54.6 Å². The Labute approximate surface area is 204 Å². The number of anilines is 3. The number of aryl methyl sites for hydroxylation is 1. The highest BCUT2D eigenvalue weighted by Gasteiger charge is 2.23. The summed E-state index contributed by atoms with van der Waals surface area (Å²) in [5.41, 5.74) is 2.49. The van der Waals surface area contributed by atoms with Crippen molar-refractivity contribution in [3.05, 3.63) is 82.9 Å². The highest BCUT2D eigenvalue weighted by molar-refractivity contribution is 7.92. The van der Waals surface area contributed by atoms with E-state index in [4.69, 9.17) is 11.6 Å². The molecule has 0 saturated heterocycles. The summed E-state index contributed by atoms with van der Waals surface area (Å²) in [7, 11) is -7.60. The second kappa shape index (κ2) is 10.0. The van der Waals surface area contributed by atoms with Gasteiger partial charge in [-0.3, -0.25) is 13.8 Å². The number of rotatable bonds is 8. The summed E-state index contributed by atoms with van der Waals surface area (Å²) in [5.74, 6) is -0.599. The van der Waals surface area contributed by atoms with Gasteiger partial charge < -0.3 is 5.32 Å². The van der Waals surface area contributed by atoms with Crippen molar-refractivity contribution in [3.8, 4) is 0 Å². The fraction of sp³-hybridized carbons (Fsp3) is 0.174. The lowest BCUT2D eigenvalue weighted by Crippen LogP contribution is -2.37. The van der Waals surface area contributed by atoms with Crippen LogP contribution in [-0.4, -0.2) is 35.5 Å². The molecule has 0 aliphatic rings. The maximum absolute atomic E-state index is 12.6. The Bertz CT molecular complexity index is 1420. The Morgan fingerprint density at radius 2 is 1.56 bits per heavy atom. The van der Waals surface area contributed by atoms with Gasteiger partial charge in [0.2, 0.25) is 15.9 Å². The molecule has 2 N–H and O–H groups in total. The number of carbonyl (C=O) groups excluding carboxylic acids is 1. The van der Waals surface area contributed by atoms with Gasteiger partial charge in [-0.2, -0.15) is 0 Å². The zero-order chi connectivity index (χ0) is 25.1. The van der Waals surface area contributed by atoms with E-state index >= 15 is 0 Å². The number of halogens is 1. The monoisotopic (exact) mass is 521 g/mol. The van der Waals surface area contributed by atoms with E-state index in [0.717, 1.165) is 16.1 Å². The SMILES string of the molecule is Cc1cccc(NS(=O)(=O)c2ccc(NC(=O)CN(c3cccc(Cl)c3C)S(C)(=O)=O)cc2)c1. The third-order valence-electron chi connectivity index (χ3n) is 4.91. The molecule has 0 aliphatic carbocycles. The van der Waals surface area contributed by atoms with Crippen LogP contribution in [0, 0.1) is 13.8 Å².